The van der Waals surface area contributed by atoms with Crippen LogP contribution in [0, 0.1) is 5.92 Å². The first kappa shape index (κ1) is 12.0. The standard InChI is InChI=1S/C11H17N3O3/c1-7(2)9(11(15)16)14-6-12-13-10(14)8-3-4-17-5-8/h6-9H,3-5H2,1-2H3,(H,15,16). The maximum absolute atomic E-state index is 11.3. The molecule has 1 aromatic rings. The average Bonchev–Trinajstić information content (AvgIpc) is 2.84. The first-order chi connectivity index (χ1) is 8.11. The van der Waals surface area contributed by atoms with Crippen molar-refractivity contribution in [2.45, 2.75) is 32.2 Å². The van der Waals surface area contributed by atoms with Crippen LogP contribution in [0.5, 0.6) is 0 Å². The Labute approximate surface area is 99.6 Å². The van der Waals surface area contributed by atoms with E-state index in [-0.39, 0.29) is 11.8 Å². The number of hydrogen-bond acceptors (Lipinski definition) is 4. The fourth-order valence-electron chi connectivity index (χ4n) is 2.22. The molecule has 1 aliphatic rings. The van der Waals surface area contributed by atoms with Crippen LogP contribution >= 0.6 is 0 Å². The van der Waals surface area contributed by atoms with Gasteiger partial charge in [0.15, 0.2) is 0 Å². The van der Waals surface area contributed by atoms with Gasteiger partial charge in [-0.05, 0) is 12.3 Å². The van der Waals surface area contributed by atoms with Crippen molar-refractivity contribution in [3.63, 3.8) is 0 Å². The lowest BCUT2D eigenvalue weighted by atomic mass is 10.0. The lowest BCUT2D eigenvalue weighted by Crippen LogP contribution is -2.26. The maximum atomic E-state index is 11.3. The topological polar surface area (TPSA) is 77.2 Å². The second kappa shape index (κ2) is 4.83. The molecule has 17 heavy (non-hydrogen) atoms. The second-order valence-corrected chi connectivity index (χ2v) is 4.68. The summed E-state index contributed by atoms with van der Waals surface area (Å²) in [5, 5.41) is 17.2. The molecule has 0 saturated carbocycles. The van der Waals surface area contributed by atoms with Crippen molar-refractivity contribution in [1.29, 1.82) is 0 Å². The molecule has 6 nitrogen and oxygen atoms in total. The van der Waals surface area contributed by atoms with Crippen molar-refractivity contribution >= 4 is 5.97 Å². The van der Waals surface area contributed by atoms with E-state index in [4.69, 9.17) is 4.74 Å². The highest BCUT2D eigenvalue weighted by molar-refractivity contribution is 5.72. The largest absolute Gasteiger partial charge is 0.480 e. The zero-order valence-corrected chi connectivity index (χ0v) is 10.0. The van der Waals surface area contributed by atoms with Crippen molar-refractivity contribution in [2.75, 3.05) is 13.2 Å². The van der Waals surface area contributed by atoms with Crippen LogP contribution in [0.1, 0.15) is 38.1 Å². The monoisotopic (exact) mass is 239 g/mol. The first-order valence-corrected chi connectivity index (χ1v) is 5.81. The van der Waals surface area contributed by atoms with Crippen LogP contribution in [-0.4, -0.2) is 39.1 Å². The van der Waals surface area contributed by atoms with Crippen molar-refractivity contribution in [1.82, 2.24) is 14.8 Å². The SMILES string of the molecule is CC(C)C(C(=O)O)n1cnnc1C1CCOC1. The summed E-state index contributed by atoms with van der Waals surface area (Å²) >= 11 is 0. The molecular formula is C11H17N3O3. The van der Waals surface area contributed by atoms with E-state index in [1.807, 2.05) is 13.8 Å². The summed E-state index contributed by atoms with van der Waals surface area (Å²) in [5.41, 5.74) is 0. The molecule has 2 heterocycles. The number of nitrogens with zero attached hydrogens (tertiary/aromatic N) is 3. The second-order valence-electron chi connectivity index (χ2n) is 4.68. The Hall–Kier alpha value is -1.43. The molecule has 0 spiro atoms. The summed E-state index contributed by atoms with van der Waals surface area (Å²) in [6, 6.07) is -0.611. The van der Waals surface area contributed by atoms with Gasteiger partial charge in [0.1, 0.15) is 18.2 Å². The van der Waals surface area contributed by atoms with Gasteiger partial charge in [0.25, 0.3) is 0 Å². The van der Waals surface area contributed by atoms with E-state index in [2.05, 4.69) is 10.2 Å². The van der Waals surface area contributed by atoms with Gasteiger partial charge in [-0.3, -0.25) is 0 Å². The van der Waals surface area contributed by atoms with Crippen molar-refractivity contribution in [2.24, 2.45) is 5.92 Å². The van der Waals surface area contributed by atoms with Crippen molar-refractivity contribution < 1.29 is 14.6 Å². The number of rotatable bonds is 4. The summed E-state index contributed by atoms with van der Waals surface area (Å²) < 4.78 is 6.98. The number of ether oxygens (including phenoxy) is 1. The smallest absolute Gasteiger partial charge is 0.327 e. The number of carbonyl (C=O) groups is 1. The van der Waals surface area contributed by atoms with Crippen LogP contribution in [0.25, 0.3) is 0 Å². The zero-order valence-electron chi connectivity index (χ0n) is 10.0. The fraction of sp³-hybridized carbons (Fsp3) is 0.727. The molecule has 0 aliphatic carbocycles. The van der Waals surface area contributed by atoms with Gasteiger partial charge < -0.3 is 14.4 Å². The summed E-state index contributed by atoms with van der Waals surface area (Å²) in [4.78, 5) is 11.3. The van der Waals surface area contributed by atoms with Gasteiger partial charge >= 0.3 is 5.97 Å². The predicted molar refractivity (Wildman–Crippen MR) is 59.7 cm³/mol. The van der Waals surface area contributed by atoms with Crippen LogP contribution in [0.4, 0.5) is 0 Å². The van der Waals surface area contributed by atoms with Gasteiger partial charge in [0.2, 0.25) is 0 Å². The van der Waals surface area contributed by atoms with E-state index >= 15 is 0 Å². The molecule has 1 saturated heterocycles. The van der Waals surface area contributed by atoms with E-state index in [1.54, 1.807) is 4.57 Å². The van der Waals surface area contributed by atoms with Gasteiger partial charge in [0, 0.05) is 12.5 Å². The highest BCUT2D eigenvalue weighted by Crippen LogP contribution is 2.27. The van der Waals surface area contributed by atoms with Crippen LogP contribution < -0.4 is 0 Å². The summed E-state index contributed by atoms with van der Waals surface area (Å²) in [6.45, 7) is 5.07. The molecule has 94 valence electrons. The van der Waals surface area contributed by atoms with E-state index in [0.29, 0.717) is 13.2 Å². The number of aromatic nitrogens is 3. The summed E-state index contributed by atoms with van der Waals surface area (Å²) in [6.07, 6.45) is 2.38. The van der Waals surface area contributed by atoms with Gasteiger partial charge in [0.05, 0.1) is 6.61 Å². The molecule has 2 unspecified atom stereocenters. The predicted octanol–water partition coefficient (Wildman–Crippen LogP) is 1.06. The Bertz CT molecular complexity index is 396. The van der Waals surface area contributed by atoms with Gasteiger partial charge in [-0.15, -0.1) is 10.2 Å². The summed E-state index contributed by atoms with van der Waals surface area (Å²) in [5.74, 6) is 0.0336. The van der Waals surface area contributed by atoms with Gasteiger partial charge in [-0.25, -0.2) is 4.79 Å². The average molecular weight is 239 g/mol. The Morgan fingerprint density at radius 3 is 2.94 bits per heavy atom. The molecule has 6 heteroatoms. The number of carboxylic acids is 1. The third-order valence-corrected chi connectivity index (χ3v) is 3.08. The van der Waals surface area contributed by atoms with E-state index < -0.39 is 12.0 Å². The third-order valence-electron chi connectivity index (χ3n) is 3.08. The van der Waals surface area contributed by atoms with Gasteiger partial charge in [-0.1, -0.05) is 13.8 Å². The molecule has 0 aromatic carbocycles. The molecule has 0 radical (unpaired) electrons. The van der Waals surface area contributed by atoms with Crippen molar-refractivity contribution in [3.05, 3.63) is 12.2 Å². The van der Waals surface area contributed by atoms with Crippen LogP contribution in [0.15, 0.2) is 6.33 Å². The number of hydrogen-bond donors (Lipinski definition) is 1. The van der Waals surface area contributed by atoms with Crippen LogP contribution in [-0.2, 0) is 9.53 Å². The summed E-state index contributed by atoms with van der Waals surface area (Å²) in [7, 11) is 0. The highest BCUT2D eigenvalue weighted by atomic mass is 16.5. The molecule has 0 bridgehead atoms. The zero-order chi connectivity index (χ0) is 12.4. The lowest BCUT2D eigenvalue weighted by Gasteiger charge is -2.20. The van der Waals surface area contributed by atoms with E-state index in [1.165, 1.54) is 6.33 Å². The highest BCUT2D eigenvalue weighted by Gasteiger charge is 2.30. The van der Waals surface area contributed by atoms with E-state index in [9.17, 15) is 9.90 Å². The minimum atomic E-state index is -0.847. The fourth-order valence-corrected chi connectivity index (χ4v) is 2.22. The molecule has 1 aliphatic heterocycles. The molecule has 1 N–H and O–H groups in total. The Morgan fingerprint density at radius 2 is 2.41 bits per heavy atom. The first-order valence-electron chi connectivity index (χ1n) is 5.81. The quantitative estimate of drug-likeness (QED) is 0.850. The minimum absolute atomic E-state index is 0.00966. The molecule has 2 atom stereocenters. The minimum Gasteiger partial charge on any atom is -0.480 e. The van der Waals surface area contributed by atoms with Gasteiger partial charge in [-0.2, -0.15) is 0 Å². The molecule has 1 aromatic heterocycles. The maximum Gasteiger partial charge on any atom is 0.327 e. The Morgan fingerprint density at radius 1 is 1.65 bits per heavy atom. The Kier molecular flexibility index (Phi) is 3.42. The van der Waals surface area contributed by atoms with Crippen LogP contribution in [0.3, 0.4) is 0 Å². The number of carboxylic acid groups (broad SMARTS) is 1. The van der Waals surface area contributed by atoms with E-state index in [0.717, 1.165) is 12.2 Å². The molecule has 0 amide bonds. The molecular weight excluding hydrogens is 222 g/mol. The van der Waals surface area contributed by atoms with Crippen molar-refractivity contribution in [3.8, 4) is 0 Å². The lowest BCUT2D eigenvalue weighted by molar-refractivity contribution is -0.142. The molecule has 1 fully saturated rings. The molecule has 2 rings (SSSR count). The number of aliphatic carboxylic acids is 1. The Balaban J connectivity index is 2.30. The van der Waals surface area contributed by atoms with Crippen LogP contribution in [0.2, 0.25) is 0 Å². The third kappa shape index (κ3) is 2.31. The normalized spacial score (nSPS) is 21.9.